The predicted octanol–water partition coefficient (Wildman–Crippen LogP) is 5.04. The second-order valence-corrected chi connectivity index (χ2v) is 11.8. The second-order valence-electron chi connectivity index (χ2n) is 7.93. The Morgan fingerprint density at radius 3 is 2.17 bits per heavy atom. The highest BCUT2D eigenvalue weighted by atomic mass is 32.2. The minimum absolute atomic E-state index is 0.187. The van der Waals surface area contributed by atoms with E-state index in [-0.39, 0.29) is 10.8 Å². The van der Waals surface area contributed by atoms with Gasteiger partial charge in [-0.3, -0.25) is 9.69 Å². The van der Waals surface area contributed by atoms with Crippen LogP contribution in [0.25, 0.3) is 10.2 Å². The first-order chi connectivity index (χ1) is 16.8. The van der Waals surface area contributed by atoms with Crippen molar-refractivity contribution in [1.29, 1.82) is 0 Å². The minimum atomic E-state index is -3.58. The Morgan fingerprint density at radius 2 is 1.60 bits per heavy atom. The number of hydrogen-bond acceptors (Lipinski definition) is 7. The van der Waals surface area contributed by atoms with Crippen LogP contribution in [0.15, 0.2) is 52.3 Å². The summed E-state index contributed by atoms with van der Waals surface area (Å²) in [5.74, 6) is -0.187. The van der Waals surface area contributed by atoms with E-state index in [4.69, 9.17) is 4.98 Å². The van der Waals surface area contributed by atoms with E-state index in [1.54, 1.807) is 28.8 Å². The average molecular weight is 535 g/mol. The van der Waals surface area contributed by atoms with Gasteiger partial charge in [0.15, 0.2) is 5.13 Å². The van der Waals surface area contributed by atoms with Gasteiger partial charge in [-0.05, 0) is 61.8 Å². The third-order valence-electron chi connectivity index (χ3n) is 6.04. The number of sulfonamides is 1. The lowest BCUT2D eigenvalue weighted by atomic mass is 10.2. The number of nitrogens with zero attached hydrogens (tertiary/aromatic N) is 4. The van der Waals surface area contributed by atoms with Crippen LogP contribution in [0.4, 0.5) is 5.13 Å². The summed E-state index contributed by atoms with van der Waals surface area (Å²) in [5, 5.41) is 0.648. The molecule has 1 amide bonds. The minimum Gasteiger partial charge on any atom is -0.302 e. The SMILES string of the molecule is CCN(CC)CCN(C(=O)c1ccc(S(=O)(=O)N(CC)CC)cc1)c1nc2ccc(SC)cc2s1. The monoisotopic (exact) mass is 534 g/mol. The van der Waals surface area contributed by atoms with Crippen LogP contribution in [-0.4, -0.2) is 74.0 Å². The summed E-state index contributed by atoms with van der Waals surface area (Å²) in [6.45, 7) is 11.6. The summed E-state index contributed by atoms with van der Waals surface area (Å²) < 4.78 is 28.1. The quantitative estimate of drug-likeness (QED) is 0.303. The molecule has 0 fully saturated rings. The van der Waals surface area contributed by atoms with Gasteiger partial charge < -0.3 is 4.90 Å². The highest BCUT2D eigenvalue weighted by molar-refractivity contribution is 7.98. The summed E-state index contributed by atoms with van der Waals surface area (Å²) in [6.07, 6.45) is 2.03. The van der Waals surface area contributed by atoms with E-state index in [1.807, 2.05) is 32.2 Å². The molecule has 1 aromatic heterocycles. The Morgan fingerprint density at radius 1 is 0.943 bits per heavy atom. The highest BCUT2D eigenvalue weighted by Crippen LogP contribution is 2.32. The molecule has 0 saturated heterocycles. The zero-order valence-corrected chi connectivity index (χ0v) is 23.5. The summed E-state index contributed by atoms with van der Waals surface area (Å²) in [6, 6.07) is 12.4. The molecule has 0 aliphatic carbocycles. The average Bonchev–Trinajstić information content (AvgIpc) is 3.30. The normalized spacial score (nSPS) is 12.1. The van der Waals surface area contributed by atoms with Crippen molar-refractivity contribution in [3.8, 4) is 0 Å². The summed E-state index contributed by atoms with van der Waals surface area (Å²) in [4.78, 5) is 23.7. The Labute approximate surface area is 217 Å². The van der Waals surface area contributed by atoms with Crippen LogP contribution in [0.5, 0.6) is 0 Å². The molecule has 190 valence electrons. The lowest BCUT2D eigenvalue weighted by Crippen LogP contribution is -2.39. The van der Waals surface area contributed by atoms with E-state index >= 15 is 0 Å². The van der Waals surface area contributed by atoms with Crippen LogP contribution < -0.4 is 4.90 Å². The van der Waals surface area contributed by atoms with Crippen molar-refractivity contribution in [3.63, 3.8) is 0 Å². The maximum atomic E-state index is 13.7. The lowest BCUT2D eigenvalue weighted by molar-refractivity contribution is 0.0983. The molecule has 35 heavy (non-hydrogen) atoms. The van der Waals surface area contributed by atoms with Crippen molar-refractivity contribution in [3.05, 3.63) is 48.0 Å². The van der Waals surface area contributed by atoms with Gasteiger partial charge in [0.2, 0.25) is 10.0 Å². The summed E-state index contributed by atoms with van der Waals surface area (Å²) in [7, 11) is -3.58. The fraction of sp³-hybridized carbons (Fsp3) is 0.440. The number of aromatic nitrogens is 1. The largest absolute Gasteiger partial charge is 0.302 e. The number of hydrogen-bond donors (Lipinski definition) is 0. The zero-order valence-electron chi connectivity index (χ0n) is 21.0. The predicted molar refractivity (Wildman–Crippen MR) is 147 cm³/mol. The van der Waals surface area contributed by atoms with Gasteiger partial charge in [0.05, 0.1) is 15.1 Å². The number of thioether (sulfide) groups is 1. The molecular formula is C25H34N4O3S3. The molecule has 0 aliphatic rings. The van der Waals surface area contributed by atoms with E-state index < -0.39 is 10.0 Å². The molecule has 2 aromatic carbocycles. The number of benzene rings is 2. The molecule has 0 bridgehead atoms. The number of fused-ring (bicyclic) bond motifs is 1. The van der Waals surface area contributed by atoms with Crippen molar-refractivity contribution >= 4 is 54.4 Å². The van der Waals surface area contributed by atoms with Crippen LogP contribution in [0.1, 0.15) is 38.1 Å². The Kier molecular flexibility index (Phi) is 9.71. The first kappa shape index (κ1) is 27.6. The van der Waals surface area contributed by atoms with Gasteiger partial charge in [0.25, 0.3) is 5.91 Å². The molecule has 10 heteroatoms. The van der Waals surface area contributed by atoms with Crippen LogP contribution in [0.2, 0.25) is 0 Å². The fourth-order valence-electron chi connectivity index (χ4n) is 3.84. The van der Waals surface area contributed by atoms with Gasteiger partial charge in [-0.25, -0.2) is 13.4 Å². The van der Waals surface area contributed by atoms with Crippen molar-refractivity contribution in [1.82, 2.24) is 14.2 Å². The maximum Gasteiger partial charge on any atom is 0.260 e. The van der Waals surface area contributed by atoms with Gasteiger partial charge in [-0.1, -0.05) is 39.0 Å². The first-order valence-corrected chi connectivity index (χ1v) is 15.4. The van der Waals surface area contributed by atoms with Crippen LogP contribution >= 0.6 is 23.1 Å². The molecule has 3 aromatic rings. The molecule has 1 heterocycles. The summed E-state index contributed by atoms with van der Waals surface area (Å²) >= 11 is 3.17. The number of anilines is 1. The number of carbonyl (C=O) groups is 1. The van der Waals surface area contributed by atoms with Crippen LogP contribution in [0, 0.1) is 0 Å². The third-order valence-corrected chi connectivity index (χ3v) is 9.87. The molecule has 0 atom stereocenters. The van der Waals surface area contributed by atoms with Crippen molar-refractivity contribution in [2.24, 2.45) is 0 Å². The number of likely N-dealkylation sites (N-methyl/N-ethyl adjacent to an activating group) is 1. The van der Waals surface area contributed by atoms with Gasteiger partial charge >= 0.3 is 0 Å². The molecule has 0 unspecified atom stereocenters. The number of carbonyl (C=O) groups excluding carboxylic acids is 1. The van der Waals surface area contributed by atoms with E-state index in [9.17, 15) is 13.2 Å². The lowest BCUT2D eigenvalue weighted by Gasteiger charge is -2.25. The topological polar surface area (TPSA) is 73.8 Å². The van der Waals surface area contributed by atoms with E-state index in [2.05, 4.69) is 24.8 Å². The third kappa shape index (κ3) is 6.24. The molecule has 3 rings (SSSR count). The zero-order chi connectivity index (χ0) is 25.6. The maximum absolute atomic E-state index is 13.7. The molecular weight excluding hydrogens is 501 g/mol. The Balaban J connectivity index is 1.95. The van der Waals surface area contributed by atoms with Gasteiger partial charge in [-0.15, -0.1) is 11.8 Å². The van der Waals surface area contributed by atoms with Crippen molar-refractivity contribution in [2.45, 2.75) is 37.5 Å². The number of amides is 1. The van der Waals surface area contributed by atoms with Gasteiger partial charge in [0, 0.05) is 36.6 Å². The Hall–Kier alpha value is -1.98. The Bertz CT molecular complexity index is 1230. The number of rotatable bonds is 12. The molecule has 0 spiro atoms. The smallest absolute Gasteiger partial charge is 0.260 e. The first-order valence-electron chi connectivity index (χ1n) is 11.9. The van der Waals surface area contributed by atoms with Crippen LogP contribution in [0.3, 0.4) is 0 Å². The van der Waals surface area contributed by atoms with E-state index in [0.29, 0.717) is 30.3 Å². The fourth-order valence-corrected chi connectivity index (χ4v) is 6.84. The highest BCUT2D eigenvalue weighted by Gasteiger charge is 2.25. The van der Waals surface area contributed by atoms with Crippen molar-refractivity contribution < 1.29 is 13.2 Å². The number of thiazole rings is 1. The molecule has 0 N–H and O–H groups in total. The summed E-state index contributed by atoms with van der Waals surface area (Å²) in [5.41, 5.74) is 1.30. The molecule has 0 radical (unpaired) electrons. The standard InChI is InChI=1S/C25H34N4O3S3/c1-6-27(7-2)16-17-29(25-26-22-15-12-20(33-5)18-23(22)34-25)24(30)19-10-13-21(14-11-19)35(31,32)28(8-3)9-4/h10-15,18H,6-9,16-17H2,1-5H3. The van der Waals surface area contributed by atoms with Crippen molar-refractivity contribution in [2.75, 3.05) is 50.4 Å². The van der Waals surface area contributed by atoms with E-state index in [0.717, 1.165) is 34.7 Å². The van der Waals surface area contributed by atoms with E-state index in [1.165, 1.54) is 27.8 Å². The van der Waals surface area contributed by atoms with Gasteiger partial charge in [0.1, 0.15) is 0 Å². The van der Waals surface area contributed by atoms with Crippen LogP contribution in [-0.2, 0) is 10.0 Å². The molecule has 0 aliphatic heterocycles. The molecule has 0 saturated carbocycles. The second kappa shape index (κ2) is 12.3. The van der Waals surface area contributed by atoms with Gasteiger partial charge in [-0.2, -0.15) is 4.31 Å². The molecule has 7 nitrogen and oxygen atoms in total.